The molecule has 7 heteroatoms. The van der Waals surface area contributed by atoms with E-state index in [0.717, 1.165) is 30.1 Å². The maximum Gasteiger partial charge on any atom is 0.269 e. The molecule has 2 heterocycles. The minimum absolute atomic E-state index is 0.0377. The van der Waals surface area contributed by atoms with Crippen LogP contribution in [0.4, 0.5) is 0 Å². The molecule has 0 N–H and O–H groups in total. The minimum Gasteiger partial charge on any atom is -0.335 e. The summed E-state index contributed by atoms with van der Waals surface area (Å²) in [6, 6.07) is 4.30. The fourth-order valence-corrected chi connectivity index (χ4v) is 6.73. The molecule has 0 bridgehead atoms. The second kappa shape index (κ2) is 6.62. The first kappa shape index (κ1) is 18.5. The summed E-state index contributed by atoms with van der Waals surface area (Å²) >= 11 is 0. The van der Waals surface area contributed by atoms with Crippen molar-refractivity contribution in [2.45, 2.75) is 69.4 Å². The van der Waals surface area contributed by atoms with Crippen LogP contribution in [-0.2, 0) is 10.0 Å². The second-order valence-electron chi connectivity index (χ2n) is 8.16. The van der Waals surface area contributed by atoms with E-state index in [1.54, 1.807) is 19.9 Å². The Morgan fingerprint density at radius 3 is 2.56 bits per heavy atom. The zero-order chi connectivity index (χ0) is 19.3. The fraction of sp³-hybridized carbons (Fsp3) is 0.600. The summed E-state index contributed by atoms with van der Waals surface area (Å²) in [4.78, 5) is 27.6. The first-order chi connectivity index (χ1) is 12.8. The molecule has 0 radical (unpaired) electrons. The van der Waals surface area contributed by atoms with Gasteiger partial charge >= 0.3 is 0 Å². The maximum absolute atomic E-state index is 13.2. The van der Waals surface area contributed by atoms with E-state index in [-0.39, 0.29) is 22.4 Å². The minimum atomic E-state index is -3.89. The highest BCUT2D eigenvalue weighted by Gasteiger charge is 2.43. The number of rotatable bonds is 2. The highest BCUT2D eigenvalue weighted by atomic mass is 32.2. The lowest BCUT2D eigenvalue weighted by Gasteiger charge is -2.44. The molecule has 27 heavy (non-hydrogen) atoms. The predicted molar refractivity (Wildman–Crippen MR) is 101 cm³/mol. The van der Waals surface area contributed by atoms with Gasteiger partial charge in [-0.05, 0) is 63.6 Å². The van der Waals surface area contributed by atoms with E-state index in [1.807, 2.05) is 4.90 Å². The van der Waals surface area contributed by atoms with Gasteiger partial charge in [0.1, 0.15) is 4.90 Å². The van der Waals surface area contributed by atoms with Crippen LogP contribution in [0, 0.1) is 5.92 Å². The number of sulfonamides is 1. The smallest absolute Gasteiger partial charge is 0.269 e. The van der Waals surface area contributed by atoms with Gasteiger partial charge in [-0.25, -0.2) is 12.7 Å². The Labute approximate surface area is 160 Å². The summed E-state index contributed by atoms with van der Waals surface area (Å²) in [5.41, 5.74) is 0.524. The summed E-state index contributed by atoms with van der Waals surface area (Å²) in [6.45, 7) is 4.07. The Balaban J connectivity index is 1.68. The van der Waals surface area contributed by atoms with Gasteiger partial charge in [-0.15, -0.1) is 0 Å². The molecule has 6 nitrogen and oxygen atoms in total. The van der Waals surface area contributed by atoms with Gasteiger partial charge in [-0.3, -0.25) is 9.59 Å². The Hall–Kier alpha value is -1.89. The highest BCUT2D eigenvalue weighted by molar-refractivity contribution is 7.90. The van der Waals surface area contributed by atoms with Crippen molar-refractivity contribution in [1.29, 1.82) is 0 Å². The molecule has 0 aromatic heterocycles. The first-order valence-electron chi connectivity index (χ1n) is 9.86. The number of piperidine rings is 1. The van der Waals surface area contributed by atoms with Crippen molar-refractivity contribution in [3.63, 3.8) is 0 Å². The van der Waals surface area contributed by atoms with E-state index in [0.29, 0.717) is 11.5 Å². The van der Waals surface area contributed by atoms with Gasteiger partial charge in [0.2, 0.25) is 0 Å². The van der Waals surface area contributed by atoms with Crippen LogP contribution in [0.25, 0.3) is 0 Å². The van der Waals surface area contributed by atoms with Crippen LogP contribution in [0.15, 0.2) is 23.1 Å². The van der Waals surface area contributed by atoms with Crippen molar-refractivity contribution in [3.8, 4) is 0 Å². The number of amides is 2. The molecule has 4 rings (SSSR count). The SMILES string of the molecule is CC(C)N1C(=O)c2ccc(C(=O)N3CCCC4CCCCC43)cc2S1(=O)=O. The molecule has 2 amide bonds. The molecule has 1 aromatic carbocycles. The lowest BCUT2D eigenvalue weighted by atomic mass is 9.78. The number of nitrogens with zero attached hydrogens (tertiary/aromatic N) is 2. The van der Waals surface area contributed by atoms with Crippen LogP contribution >= 0.6 is 0 Å². The summed E-state index contributed by atoms with van der Waals surface area (Å²) < 4.78 is 26.5. The third-order valence-corrected chi connectivity index (χ3v) is 8.17. The van der Waals surface area contributed by atoms with Gasteiger partial charge in [0.05, 0.1) is 5.56 Å². The summed E-state index contributed by atoms with van der Waals surface area (Å²) in [5, 5.41) is 0. The quantitative estimate of drug-likeness (QED) is 0.778. The lowest BCUT2D eigenvalue weighted by Crippen LogP contribution is -2.49. The van der Waals surface area contributed by atoms with Crippen molar-refractivity contribution >= 4 is 21.8 Å². The molecule has 2 fully saturated rings. The topological polar surface area (TPSA) is 74.8 Å². The zero-order valence-corrected chi connectivity index (χ0v) is 16.7. The summed E-state index contributed by atoms with van der Waals surface area (Å²) in [5.74, 6) is -0.0583. The van der Waals surface area contributed by atoms with E-state index in [2.05, 4.69) is 0 Å². The van der Waals surface area contributed by atoms with E-state index in [1.165, 1.54) is 31.4 Å². The lowest BCUT2D eigenvalue weighted by molar-refractivity contribution is 0.0390. The zero-order valence-electron chi connectivity index (χ0n) is 15.8. The van der Waals surface area contributed by atoms with Gasteiger partial charge in [0, 0.05) is 24.2 Å². The summed E-state index contributed by atoms with van der Waals surface area (Å²) in [6.07, 6.45) is 6.74. The number of fused-ring (bicyclic) bond motifs is 2. The van der Waals surface area contributed by atoms with Crippen molar-refractivity contribution in [2.75, 3.05) is 6.54 Å². The van der Waals surface area contributed by atoms with Gasteiger partial charge in [-0.2, -0.15) is 0 Å². The van der Waals surface area contributed by atoms with Gasteiger partial charge in [-0.1, -0.05) is 12.8 Å². The third kappa shape index (κ3) is 2.87. The van der Waals surface area contributed by atoms with Crippen molar-refractivity contribution in [1.82, 2.24) is 9.21 Å². The highest BCUT2D eigenvalue weighted by Crippen LogP contribution is 2.37. The van der Waals surface area contributed by atoms with E-state index >= 15 is 0 Å². The van der Waals surface area contributed by atoms with Crippen LogP contribution in [0.1, 0.15) is 73.1 Å². The average molecular weight is 391 g/mol. The van der Waals surface area contributed by atoms with E-state index in [4.69, 9.17) is 0 Å². The van der Waals surface area contributed by atoms with Gasteiger partial charge in [0.15, 0.2) is 0 Å². The molecule has 2 atom stereocenters. The molecule has 3 aliphatic rings. The van der Waals surface area contributed by atoms with Crippen LogP contribution in [0.5, 0.6) is 0 Å². The second-order valence-corrected chi connectivity index (χ2v) is 9.95. The van der Waals surface area contributed by atoms with Crippen LogP contribution in [0.3, 0.4) is 0 Å². The van der Waals surface area contributed by atoms with Crippen LogP contribution in [0.2, 0.25) is 0 Å². The molecule has 1 aliphatic carbocycles. The summed E-state index contributed by atoms with van der Waals surface area (Å²) in [7, 11) is -3.89. The van der Waals surface area contributed by atoms with Crippen molar-refractivity contribution in [2.24, 2.45) is 5.92 Å². The van der Waals surface area contributed by atoms with Crippen LogP contribution < -0.4 is 0 Å². The van der Waals surface area contributed by atoms with Crippen molar-refractivity contribution in [3.05, 3.63) is 29.3 Å². The Morgan fingerprint density at radius 1 is 1.11 bits per heavy atom. The monoisotopic (exact) mass is 390 g/mol. The number of benzene rings is 1. The normalized spacial score (nSPS) is 26.9. The number of carbonyl (C=O) groups is 2. The average Bonchev–Trinajstić information content (AvgIpc) is 2.86. The maximum atomic E-state index is 13.2. The van der Waals surface area contributed by atoms with Crippen LogP contribution in [-0.4, -0.2) is 48.1 Å². The largest absolute Gasteiger partial charge is 0.335 e. The van der Waals surface area contributed by atoms with E-state index < -0.39 is 22.0 Å². The Morgan fingerprint density at radius 2 is 1.81 bits per heavy atom. The molecule has 1 aromatic rings. The number of carbonyl (C=O) groups excluding carboxylic acids is 2. The molecule has 1 saturated carbocycles. The molecule has 2 aliphatic heterocycles. The van der Waals surface area contributed by atoms with Gasteiger partial charge in [0.25, 0.3) is 21.8 Å². The molecular formula is C20H26N2O4S. The molecular weight excluding hydrogens is 364 g/mol. The third-order valence-electron chi connectivity index (χ3n) is 6.17. The predicted octanol–water partition coefficient (Wildman–Crippen LogP) is 3.03. The fourth-order valence-electron chi connectivity index (χ4n) is 4.93. The van der Waals surface area contributed by atoms with Gasteiger partial charge < -0.3 is 4.90 Å². The standard InChI is InChI=1S/C20H26N2O4S/c1-13(2)22-20(24)16-10-9-15(12-18(16)27(22,25)26)19(23)21-11-5-7-14-6-3-4-8-17(14)21/h9-10,12-14,17H,3-8,11H2,1-2H3. The molecule has 1 saturated heterocycles. The van der Waals surface area contributed by atoms with Crippen molar-refractivity contribution < 1.29 is 18.0 Å². The number of likely N-dealkylation sites (tertiary alicyclic amines) is 1. The number of hydrogen-bond acceptors (Lipinski definition) is 4. The number of hydrogen-bond donors (Lipinski definition) is 0. The first-order valence-corrected chi connectivity index (χ1v) is 11.3. The molecule has 0 spiro atoms. The molecule has 146 valence electrons. The molecule has 2 unspecified atom stereocenters. The Bertz CT molecular complexity index is 891. The van der Waals surface area contributed by atoms with E-state index in [9.17, 15) is 18.0 Å². The Kier molecular flexibility index (Phi) is 4.53.